The smallest absolute Gasteiger partial charge is 1.00 e. The predicted molar refractivity (Wildman–Crippen MR) is 66.4 cm³/mol. The van der Waals surface area contributed by atoms with Gasteiger partial charge in [-0.2, -0.15) is 16.8 Å². The second-order valence-electron chi connectivity index (χ2n) is 3.78. The van der Waals surface area contributed by atoms with E-state index in [1.165, 1.54) is 6.07 Å². The molecule has 0 saturated carbocycles. The second kappa shape index (κ2) is 5.60. The Kier molecular flexibility index (Phi) is 4.87. The molecule has 2 aromatic carbocycles. The van der Waals surface area contributed by atoms with Crippen LogP contribution in [0.3, 0.4) is 0 Å². The van der Waals surface area contributed by atoms with E-state index < -0.39 is 35.8 Å². The fourth-order valence-electron chi connectivity index (χ4n) is 1.61. The average Bonchev–Trinajstić information content (AvgIpc) is 2.25. The number of phenolic OH excluding ortho intramolecular Hbond substituents is 1. The summed E-state index contributed by atoms with van der Waals surface area (Å²) < 4.78 is 61.7. The number of fused-ring (bicyclic) bond motifs is 1. The average molecular weight is 328 g/mol. The summed E-state index contributed by atoms with van der Waals surface area (Å²) in [6.07, 6.45) is 0. The van der Waals surface area contributed by atoms with Crippen molar-refractivity contribution in [1.82, 2.24) is 0 Å². The minimum absolute atomic E-state index is 0. The molecule has 0 atom stereocenters. The van der Waals surface area contributed by atoms with E-state index in [0.29, 0.717) is 0 Å². The van der Waals surface area contributed by atoms with E-state index in [4.69, 9.17) is 9.11 Å². The van der Waals surface area contributed by atoms with E-state index in [-0.39, 0.29) is 41.8 Å². The summed E-state index contributed by atoms with van der Waals surface area (Å²) in [5.41, 5.74) is 0. The van der Waals surface area contributed by atoms with E-state index in [2.05, 4.69) is 0 Å². The quantitative estimate of drug-likeness (QED) is 0.436. The number of rotatable bonds is 2. The first-order chi connectivity index (χ1) is 8.59. The van der Waals surface area contributed by atoms with Crippen molar-refractivity contribution < 1.29 is 62.0 Å². The van der Waals surface area contributed by atoms with Crippen LogP contribution in [0.4, 0.5) is 0 Å². The summed E-state index contributed by atoms with van der Waals surface area (Å²) >= 11 is 0. The zero-order valence-corrected chi connectivity index (χ0v) is 13.8. The van der Waals surface area contributed by atoms with Gasteiger partial charge in [0.2, 0.25) is 0 Å². The van der Waals surface area contributed by atoms with E-state index in [1.807, 2.05) is 0 Å². The van der Waals surface area contributed by atoms with Crippen molar-refractivity contribution in [3.8, 4) is 5.75 Å². The van der Waals surface area contributed by atoms with Crippen molar-refractivity contribution in [2.24, 2.45) is 0 Å². The van der Waals surface area contributed by atoms with Crippen molar-refractivity contribution in [3.63, 3.8) is 0 Å². The van der Waals surface area contributed by atoms with Crippen LogP contribution in [0.5, 0.6) is 5.75 Å². The standard InChI is InChI=1S/C10H8O7S2.Na.H/c11-10-5-8(19(15,16)17)4-6-3-7(18(12,13)14)1-2-9(6)10;;/h1-5,11H,(H,12,13,14)(H,15,16,17);;/q;+1;-1. The molecule has 0 aliphatic heterocycles. The molecule has 0 aliphatic carbocycles. The zero-order chi connectivity index (χ0) is 14.4. The summed E-state index contributed by atoms with van der Waals surface area (Å²) in [6.45, 7) is 0. The van der Waals surface area contributed by atoms with Crippen LogP contribution in [0, 0.1) is 0 Å². The van der Waals surface area contributed by atoms with Crippen LogP contribution in [-0.2, 0) is 20.2 Å². The molecule has 0 saturated heterocycles. The Balaban J connectivity index is 0.00000200. The molecule has 0 amide bonds. The molecule has 10 heteroatoms. The van der Waals surface area contributed by atoms with Gasteiger partial charge in [-0.3, -0.25) is 9.11 Å². The first kappa shape index (κ1) is 17.4. The molecule has 2 aromatic rings. The van der Waals surface area contributed by atoms with E-state index >= 15 is 0 Å². The molecule has 3 N–H and O–H groups in total. The molecule has 0 fully saturated rings. The number of hydrogen-bond donors (Lipinski definition) is 3. The predicted octanol–water partition coefficient (Wildman–Crippen LogP) is -1.84. The van der Waals surface area contributed by atoms with E-state index in [0.717, 1.165) is 24.3 Å². The molecule has 0 spiro atoms. The Hall–Kier alpha value is -0.680. The van der Waals surface area contributed by atoms with Crippen LogP contribution >= 0.6 is 0 Å². The summed E-state index contributed by atoms with van der Waals surface area (Å²) in [4.78, 5) is -1.03. The molecule has 2 rings (SSSR count). The van der Waals surface area contributed by atoms with Gasteiger partial charge in [-0.05, 0) is 29.7 Å². The third kappa shape index (κ3) is 3.50. The van der Waals surface area contributed by atoms with Crippen LogP contribution in [0.2, 0.25) is 0 Å². The number of phenols is 1. The van der Waals surface area contributed by atoms with E-state index in [9.17, 15) is 21.9 Å². The van der Waals surface area contributed by atoms with Crippen LogP contribution in [0.25, 0.3) is 10.8 Å². The molecular weight excluding hydrogens is 319 g/mol. The zero-order valence-electron chi connectivity index (χ0n) is 11.2. The Morgan fingerprint density at radius 3 is 1.85 bits per heavy atom. The van der Waals surface area contributed by atoms with Crippen molar-refractivity contribution in [2.45, 2.75) is 9.79 Å². The molecule has 20 heavy (non-hydrogen) atoms. The Bertz CT molecular complexity index is 872. The third-order valence-corrected chi connectivity index (χ3v) is 4.15. The molecule has 0 radical (unpaired) electrons. The van der Waals surface area contributed by atoms with Gasteiger partial charge in [0.1, 0.15) is 5.75 Å². The number of hydrogen-bond acceptors (Lipinski definition) is 5. The number of aromatic hydroxyl groups is 1. The van der Waals surface area contributed by atoms with Gasteiger partial charge in [0.15, 0.2) is 0 Å². The van der Waals surface area contributed by atoms with Crippen LogP contribution in [0.1, 0.15) is 1.43 Å². The van der Waals surface area contributed by atoms with Gasteiger partial charge in [-0.15, -0.1) is 0 Å². The molecule has 0 aliphatic rings. The molecule has 0 heterocycles. The molecule has 7 nitrogen and oxygen atoms in total. The van der Waals surface area contributed by atoms with Gasteiger partial charge in [-0.1, -0.05) is 0 Å². The van der Waals surface area contributed by atoms with Crippen molar-refractivity contribution in [1.29, 1.82) is 0 Å². The largest absolute Gasteiger partial charge is 1.00 e. The molecule has 0 unspecified atom stereocenters. The van der Waals surface area contributed by atoms with Gasteiger partial charge in [0.25, 0.3) is 20.2 Å². The summed E-state index contributed by atoms with van der Waals surface area (Å²) in [7, 11) is -8.99. The normalized spacial score (nSPS) is 12.1. The van der Waals surface area contributed by atoms with Gasteiger partial charge >= 0.3 is 29.6 Å². The monoisotopic (exact) mass is 328 g/mol. The van der Waals surface area contributed by atoms with Crippen LogP contribution in [-0.4, -0.2) is 31.0 Å². The minimum Gasteiger partial charge on any atom is -1.00 e. The van der Waals surface area contributed by atoms with Crippen LogP contribution < -0.4 is 29.6 Å². The molecule has 0 aromatic heterocycles. The molecular formula is C10H9NaO7S2. The number of benzene rings is 2. The van der Waals surface area contributed by atoms with Crippen molar-refractivity contribution in [2.75, 3.05) is 0 Å². The summed E-state index contributed by atoms with van der Waals surface area (Å²) in [5, 5.41) is 9.85. The minimum atomic E-state index is -4.54. The Morgan fingerprint density at radius 1 is 0.850 bits per heavy atom. The second-order valence-corrected chi connectivity index (χ2v) is 6.62. The van der Waals surface area contributed by atoms with E-state index in [1.54, 1.807) is 0 Å². The first-order valence-corrected chi connectivity index (χ1v) is 7.69. The SMILES string of the molecule is O=S(=O)(O)c1ccc2c(O)cc(S(=O)(=O)O)cc2c1.[H-].[Na+]. The van der Waals surface area contributed by atoms with Crippen molar-refractivity contribution in [3.05, 3.63) is 30.3 Å². The Labute approximate surface area is 138 Å². The van der Waals surface area contributed by atoms with Gasteiger partial charge in [0, 0.05) is 11.5 Å². The maximum Gasteiger partial charge on any atom is 1.00 e. The van der Waals surface area contributed by atoms with Gasteiger partial charge in [0.05, 0.1) is 9.79 Å². The third-order valence-electron chi connectivity index (χ3n) is 2.47. The van der Waals surface area contributed by atoms with Gasteiger partial charge < -0.3 is 6.53 Å². The fourth-order valence-corrected chi connectivity index (χ4v) is 2.66. The first-order valence-electron chi connectivity index (χ1n) is 4.81. The maximum absolute atomic E-state index is 11.0. The fraction of sp³-hybridized carbons (Fsp3) is 0. The van der Waals surface area contributed by atoms with Gasteiger partial charge in [-0.25, -0.2) is 0 Å². The maximum atomic E-state index is 11.0. The molecule has 104 valence electrons. The Morgan fingerprint density at radius 2 is 1.35 bits per heavy atom. The summed E-state index contributed by atoms with van der Waals surface area (Å²) in [5.74, 6) is -0.438. The molecule has 0 bridgehead atoms. The summed E-state index contributed by atoms with van der Waals surface area (Å²) in [6, 6.07) is 5.08. The topological polar surface area (TPSA) is 129 Å². The van der Waals surface area contributed by atoms with Crippen LogP contribution in [0.15, 0.2) is 40.1 Å². The van der Waals surface area contributed by atoms with Crippen molar-refractivity contribution >= 4 is 31.0 Å².